The van der Waals surface area contributed by atoms with Gasteiger partial charge < -0.3 is 5.32 Å². The monoisotopic (exact) mass is 154 g/mol. The lowest BCUT2D eigenvalue weighted by Crippen LogP contribution is -2.25. The highest BCUT2D eigenvalue weighted by Crippen LogP contribution is 1.97. The van der Waals surface area contributed by atoms with E-state index in [0.717, 1.165) is 0 Å². The molecule has 1 N–H and O–H groups in total. The highest BCUT2D eigenvalue weighted by Gasteiger charge is 2.02. The summed E-state index contributed by atoms with van der Waals surface area (Å²) in [5.74, 6) is 0.423. The number of hydrogen-bond donors (Lipinski definition) is 1. The van der Waals surface area contributed by atoms with Crippen LogP contribution in [0, 0.1) is 17.2 Å². The summed E-state index contributed by atoms with van der Waals surface area (Å²) in [5, 5.41) is 10.8. The molecule has 0 aromatic carbocycles. The SMILES string of the molecule is CC(C)CC(=O)NCCC#N. The largest absolute Gasteiger partial charge is 0.355 e. The third-order valence-corrected chi connectivity index (χ3v) is 1.15. The van der Waals surface area contributed by atoms with E-state index in [2.05, 4.69) is 5.32 Å². The summed E-state index contributed by atoms with van der Waals surface area (Å²) < 4.78 is 0. The van der Waals surface area contributed by atoms with Crippen molar-refractivity contribution in [2.45, 2.75) is 26.7 Å². The first kappa shape index (κ1) is 9.96. The fourth-order valence-electron chi connectivity index (χ4n) is 0.701. The zero-order valence-electron chi connectivity index (χ0n) is 7.05. The van der Waals surface area contributed by atoms with E-state index in [9.17, 15) is 4.79 Å². The molecule has 0 aliphatic carbocycles. The molecule has 0 rings (SSSR count). The van der Waals surface area contributed by atoms with Gasteiger partial charge in [0.25, 0.3) is 0 Å². The zero-order valence-corrected chi connectivity index (χ0v) is 7.05. The predicted molar refractivity (Wildman–Crippen MR) is 42.7 cm³/mol. The van der Waals surface area contributed by atoms with Crippen molar-refractivity contribution in [1.29, 1.82) is 5.26 Å². The van der Waals surface area contributed by atoms with E-state index in [-0.39, 0.29) is 5.91 Å². The minimum Gasteiger partial charge on any atom is -0.355 e. The van der Waals surface area contributed by atoms with Gasteiger partial charge in [0.2, 0.25) is 5.91 Å². The summed E-state index contributed by atoms with van der Waals surface area (Å²) in [4.78, 5) is 10.9. The summed E-state index contributed by atoms with van der Waals surface area (Å²) in [5.41, 5.74) is 0. The molecule has 0 saturated carbocycles. The van der Waals surface area contributed by atoms with Gasteiger partial charge in [0.15, 0.2) is 0 Å². The highest BCUT2D eigenvalue weighted by molar-refractivity contribution is 5.75. The van der Waals surface area contributed by atoms with Crippen molar-refractivity contribution in [1.82, 2.24) is 5.32 Å². The minimum absolute atomic E-state index is 0.0373. The van der Waals surface area contributed by atoms with Gasteiger partial charge in [-0.25, -0.2) is 0 Å². The number of hydrogen-bond acceptors (Lipinski definition) is 2. The third kappa shape index (κ3) is 6.85. The molecule has 0 radical (unpaired) electrons. The van der Waals surface area contributed by atoms with Crippen LogP contribution in [-0.2, 0) is 4.79 Å². The number of carbonyl (C=O) groups excluding carboxylic acids is 1. The van der Waals surface area contributed by atoms with E-state index in [0.29, 0.717) is 25.3 Å². The maximum Gasteiger partial charge on any atom is 0.220 e. The second-order valence-corrected chi connectivity index (χ2v) is 2.86. The third-order valence-electron chi connectivity index (χ3n) is 1.15. The van der Waals surface area contributed by atoms with E-state index < -0.39 is 0 Å². The molecule has 0 aliphatic heterocycles. The maximum absolute atomic E-state index is 10.9. The zero-order chi connectivity index (χ0) is 8.69. The molecule has 1 amide bonds. The van der Waals surface area contributed by atoms with Crippen LogP contribution >= 0.6 is 0 Å². The van der Waals surface area contributed by atoms with Crippen molar-refractivity contribution < 1.29 is 4.79 Å². The van der Waals surface area contributed by atoms with Crippen molar-refractivity contribution in [3.05, 3.63) is 0 Å². The van der Waals surface area contributed by atoms with Crippen molar-refractivity contribution in [3.63, 3.8) is 0 Å². The molecule has 0 spiro atoms. The van der Waals surface area contributed by atoms with Crippen LogP contribution in [0.25, 0.3) is 0 Å². The van der Waals surface area contributed by atoms with Gasteiger partial charge in [-0.15, -0.1) is 0 Å². The van der Waals surface area contributed by atoms with E-state index in [4.69, 9.17) is 5.26 Å². The molecule has 62 valence electrons. The Labute approximate surface area is 67.4 Å². The van der Waals surface area contributed by atoms with Crippen LogP contribution in [0.3, 0.4) is 0 Å². The van der Waals surface area contributed by atoms with Gasteiger partial charge in [0, 0.05) is 13.0 Å². The lowest BCUT2D eigenvalue weighted by Gasteiger charge is -2.03. The number of carbonyl (C=O) groups is 1. The minimum atomic E-state index is 0.0373. The van der Waals surface area contributed by atoms with E-state index in [1.54, 1.807) is 0 Å². The summed E-state index contributed by atoms with van der Waals surface area (Å²) in [6.45, 7) is 4.45. The van der Waals surface area contributed by atoms with Crippen LogP contribution in [0.15, 0.2) is 0 Å². The van der Waals surface area contributed by atoms with E-state index in [1.165, 1.54) is 0 Å². The number of nitrogens with zero attached hydrogens (tertiary/aromatic N) is 1. The Balaban J connectivity index is 3.32. The van der Waals surface area contributed by atoms with Crippen LogP contribution in [0.4, 0.5) is 0 Å². The van der Waals surface area contributed by atoms with Gasteiger partial charge >= 0.3 is 0 Å². The Morgan fingerprint density at radius 2 is 2.27 bits per heavy atom. The molecule has 0 bridgehead atoms. The molecule has 11 heavy (non-hydrogen) atoms. The molecule has 3 nitrogen and oxygen atoms in total. The maximum atomic E-state index is 10.9. The quantitative estimate of drug-likeness (QED) is 0.615. The Kier molecular flexibility index (Phi) is 5.18. The van der Waals surface area contributed by atoms with Crippen LogP contribution in [0.1, 0.15) is 26.7 Å². The second-order valence-electron chi connectivity index (χ2n) is 2.86. The van der Waals surface area contributed by atoms with Crippen LogP contribution in [0.5, 0.6) is 0 Å². The van der Waals surface area contributed by atoms with E-state index in [1.807, 2.05) is 19.9 Å². The average Bonchev–Trinajstić information content (AvgIpc) is 1.86. The van der Waals surface area contributed by atoms with Gasteiger partial charge in [0.1, 0.15) is 0 Å². The molecule has 0 atom stereocenters. The Bertz CT molecular complexity index is 158. The topological polar surface area (TPSA) is 52.9 Å². The lowest BCUT2D eigenvalue weighted by molar-refractivity contribution is -0.121. The summed E-state index contributed by atoms with van der Waals surface area (Å²) in [7, 11) is 0. The van der Waals surface area contributed by atoms with Gasteiger partial charge in [-0.2, -0.15) is 5.26 Å². The van der Waals surface area contributed by atoms with Crippen LogP contribution in [0.2, 0.25) is 0 Å². The molecule has 0 saturated heterocycles. The molecule has 0 aliphatic rings. The molecule has 0 aromatic heterocycles. The second kappa shape index (κ2) is 5.72. The fourth-order valence-corrected chi connectivity index (χ4v) is 0.701. The smallest absolute Gasteiger partial charge is 0.220 e. The first-order chi connectivity index (χ1) is 5.16. The molecule has 0 fully saturated rings. The molecular weight excluding hydrogens is 140 g/mol. The first-order valence-electron chi connectivity index (χ1n) is 3.80. The number of rotatable bonds is 4. The first-order valence-corrected chi connectivity index (χ1v) is 3.80. The van der Waals surface area contributed by atoms with Gasteiger partial charge in [-0.05, 0) is 5.92 Å². The van der Waals surface area contributed by atoms with Gasteiger partial charge in [0.05, 0.1) is 12.5 Å². The molecule has 0 unspecified atom stereocenters. The number of amides is 1. The van der Waals surface area contributed by atoms with Crippen molar-refractivity contribution in [3.8, 4) is 6.07 Å². The molecule has 0 aromatic rings. The Morgan fingerprint density at radius 3 is 2.73 bits per heavy atom. The van der Waals surface area contributed by atoms with Gasteiger partial charge in [-0.1, -0.05) is 13.8 Å². The number of nitriles is 1. The van der Waals surface area contributed by atoms with Crippen LogP contribution in [-0.4, -0.2) is 12.5 Å². The number of nitrogens with one attached hydrogen (secondary N) is 1. The predicted octanol–water partition coefficient (Wildman–Crippen LogP) is 1.06. The summed E-state index contributed by atoms with van der Waals surface area (Å²) in [6.07, 6.45) is 0.940. The molecular formula is C8H14N2O. The van der Waals surface area contributed by atoms with Crippen molar-refractivity contribution >= 4 is 5.91 Å². The standard InChI is InChI=1S/C8H14N2O/c1-7(2)6-8(11)10-5-3-4-9/h7H,3,5-6H2,1-2H3,(H,10,11). The van der Waals surface area contributed by atoms with Crippen molar-refractivity contribution in [2.24, 2.45) is 5.92 Å². The summed E-state index contributed by atoms with van der Waals surface area (Å²) >= 11 is 0. The fraction of sp³-hybridized carbons (Fsp3) is 0.750. The van der Waals surface area contributed by atoms with E-state index >= 15 is 0 Å². The normalized spacial score (nSPS) is 9.27. The summed E-state index contributed by atoms with van der Waals surface area (Å²) in [6, 6.07) is 1.96. The molecule has 0 heterocycles. The average molecular weight is 154 g/mol. The van der Waals surface area contributed by atoms with Crippen molar-refractivity contribution in [2.75, 3.05) is 6.54 Å². The highest BCUT2D eigenvalue weighted by atomic mass is 16.1. The lowest BCUT2D eigenvalue weighted by atomic mass is 10.1. The Morgan fingerprint density at radius 1 is 1.64 bits per heavy atom. The molecule has 3 heteroatoms. The van der Waals surface area contributed by atoms with Crippen LogP contribution < -0.4 is 5.32 Å². The van der Waals surface area contributed by atoms with Gasteiger partial charge in [-0.3, -0.25) is 4.79 Å². The Hall–Kier alpha value is -1.04.